The van der Waals surface area contributed by atoms with Crippen LogP contribution >= 0.6 is 15.9 Å². The van der Waals surface area contributed by atoms with Crippen LogP contribution < -0.4 is 5.32 Å². The van der Waals surface area contributed by atoms with E-state index in [9.17, 15) is 9.18 Å². The van der Waals surface area contributed by atoms with Gasteiger partial charge in [0.15, 0.2) is 0 Å². The number of halogens is 2. The van der Waals surface area contributed by atoms with Crippen LogP contribution in [0.25, 0.3) is 0 Å². The topological polar surface area (TPSA) is 29.1 Å². The van der Waals surface area contributed by atoms with Gasteiger partial charge < -0.3 is 5.32 Å². The molecule has 1 aromatic rings. The Morgan fingerprint density at radius 1 is 1.56 bits per heavy atom. The molecular weight excluding hydrogens is 273 g/mol. The molecule has 0 bridgehead atoms. The first-order chi connectivity index (χ1) is 7.58. The van der Waals surface area contributed by atoms with E-state index in [1.54, 1.807) is 6.07 Å². The lowest BCUT2D eigenvalue weighted by atomic mass is 10.1. The minimum atomic E-state index is -0.396. The molecular formula is C12H13BrFNO. The molecule has 1 aromatic carbocycles. The van der Waals surface area contributed by atoms with E-state index in [1.165, 1.54) is 25.0 Å². The maximum atomic E-state index is 13.0. The van der Waals surface area contributed by atoms with Gasteiger partial charge in [-0.2, -0.15) is 0 Å². The molecule has 2 nitrogen and oxygen atoms in total. The molecule has 1 unspecified atom stereocenters. The van der Waals surface area contributed by atoms with Crippen molar-refractivity contribution in [1.82, 2.24) is 5.32 Å². The summed E-state index contributed by atoms with van der Waals surface area (Å²) in [7, 11) is 0. The van der Waals surface area contributed by atoms with E-state index in [0.717, 1.165) is 0 Å². The van der Waals surface area contributed by atoms with Gasteiger partial charge in [0.2, 0.25) is 0 Å². The van der Waals surface area contributed by atoms with Crippen LogP contribution in [-0.4, -0.2) is 11.9 Å². The maximum Gasteiger partial charge on any atom is 0.252 e. The first kappa shape index (κ1) is 11.6. The van der Waals surface area contributed by atoms with Gasteiger partial charge in [0.25, 0.3) is 5.91 Å². The second-order valence-corrected chi connectivity index (χ2v) is 5.08. The summed E-state index contributed by atoms with van der Waals surface area (Å²) in [6.45, 7) is 1.99. The largest absolute Gasteiger partial charge is 0.349 e. The van der Waals surface area contributed by atoms with Crippen LogP contribution in [0, 0.1) is 11.7 Å². The molecule has 0 heterocycles. The Balaban J connectivity index is 2.10. The molecule has 1 saturated carbocycles. The highest BCUT2D eigenvalue weighted by Gasteiger charge is 2.29. The summed E-state index contributed by atoms with van der Waals surface area (Å²) in [5.41, 5.74) is 0.354. The number of carbonyl (C=O) groups is 1. The van der Waals surface area contributed by atoms with Crippen LogP contribution in [0.1, 0.15) is 30.1 Å². The Kier molecular flexibility index (Phi) is 3.28. The fraction of sp³-hybridized carbons (Fsp3) is 0.417. The number of amides is 1. The molecule has 1 fully saturated rings. The summed E-state index contributed by atoms with van der Waals surface area (Å²) < 4.78 is 13.6. The van der Waals surface area contributed by atoms with Crippen molar-refractivity contribution in [3.8, 4) is 0 Å². The Morgan fingerprint density at radius 3 is 2.88 bits per heavy atom. The van der Waals surface area contributed by atoms with Crippen LogP contribution in [0.5, 0.6) is 0 Å². The van der Waals surface area contributed by atoms with Crippen molar-refractivity contribution in [3.05, 3.63) is 34.1 Å². The lowest BCUT2D eigenvalue weighted by molar-refractivity contribution is 0.0934. The highest BCUT2D eigenvalue weighted by Crippen LogP contribution is 2.32. The molecule has 86 valence electrons. The first-order valence-corrected chi connectivity index (χ1v) is 6.13. The Bertz CT molecular complexity index is 417. The highest BCUT2D eigenvalue weighted by atomic mass is 79.9. The number of benzene rings is 1. The third-order valence-electron chi connectivity index (χ3n) is 2.86. The Labute approximate surface area is 102 Å². The number of nitrogens with one attached hydrogen (secondary N) is 1. The second kappa shape index (κ2) is 4.53. The van der Waals surface area contributed by atoms with Crippen LogP contribution in [0.3, 0.4) is 0 Å². The molecule has 4 heteroatoms. The van der Waals surface area contributed by atoms with Gasteiger partial charge in [-0.05, 0) is 59.8 Å². The van der Waals surface area contributed by atoms with E-state index in [0.29, 0.717) is 16.0 Å². The summed E-state index contributed by atoms with van der Waals surface area (Å²) in [5.74, 6) is -0.0190. The van der Waals surface area contributed by atoms with E-state index in [1.807, 2.05) is 6.92 Å². The van der Waals surface area contributed by atoms with Crippen molar-refractivity contribution in [2.45, 2.75) is 25.8 Å². The van der Waals surface area contributed by atoms with Gasteiger partial charge in [-0.25, -0.2) is 4.39 Å². The molecule has 1 atom stereocenters. The number of rotatable bonds is 3. The van der Waals surface area contributed by atoms with Crippen LogP contribution in [0.2, 0.25) is 0 Å². The van der Waals surface area contributed by atoms with E-state index >= 15 is 0 Å². The third kappa shape index (κ3) is 2.61. The molecule has 16 heavy (non-hydrogen) atoms. The van der Waals surface area contributed by atoms with Gasteiger partial charge in [-0.3, -0.25) is 4.79 Å². The third-order valence-corrected chi connectivity index (χ3v) is 3.55. The SMILES string of the molecule is CC(NC(=O)c1cc(F)ccc1Br)C1CC1. The molecule has 1 N–H and O–H groups in total. The molecule has 0 aliphatic heterocycles. The monoisotopic (exact) mass is 285 g/mol. The normalized spacial score (nSPS) is 16.9. The lowest BCUT2D eigenvalue weighted by Crippen LogP contribution is -2.34. The molecule has 1 aliphatic carbocycles. The van der Waals surface area contributed by atoms with Gasteiger partial charge in [0, 0.05) is 10.5 Å². The van der Waals surface area contributed by atoms with Crippen molar-refractivity contribution in [2.24, 2.45) is 5.92 Å². The number of hydrogen-bond acceptors (Lipinski definition) is 1. The molecule has 1 aliphatic rings. The van der Waals surface area contributed by atoms with Gasteiger partial charge >= 0.3 is 0 Å². The van der Waals surface area contributed by atoms with Crippen LogP contribution in [-0.2, 0) is 0 Å². The average molecular weight is 286 g/mol. The van der Waals surface area contributed by atoms with Crippen LogP contribution in [0.4, 0.5) is 4.39 Å². The average Bonchev–Trinajstić information content (AvgIpc) is 3.04. The van der Waals surface area contributed by atoms with E-state index in [2.05, 4.69) is 21.2 Å². The Hall–Kier alpha value is -0.900. The van der Waals surface area contributed by atoms with Crippen molar-refractivity contribution >= 4 is 21.8 Å². The smallest absolute Gasteiger partial charge is 0.252 e. The zero-order valence-electron chi connectivity index (χ0n) is 8.97. The van der Waals surface area contributed by atoms with Crippen molar-refractivity contribution < 1.29 is 9.18 Å². The zero-order valence-corrected chi connectivity index (χ0v) is 10.6. The number of hydrogen-bond donors (Lipinski definition) is 1. The molecule has 0 spiro atoms. The maximum absolute atomic E-state index is 13.0. The molecule has 1 amide bonds. The summed E-state index contributed by atoms with van der Waals surface area (Å²) in [6, 6.07) is 4.29. The lowest BCUT2D eigenvalue weighted by Gasteiger charge is -2.13. The molecule has 0 radical (unpaired) electrons. The van der Waals surface area contributed by atoms with Gasteiger partial charge in [-0.15, -0.1) is 0 Å². The summed E-state index contributed by atoms with van der Waals surface area (Å²) in [4.78, 5) is 11.9. The summed E-state index contributed by atoms with van der Waals surface area (Å²) in [6.07, 6.45) is 2.34. The summed E-state index contributed by atoms with van der Waals surface area (Å²) >= 11 is 3.25. The molecule has 0 aromatic heterocycles. The predicted molar refractivity (Wildman–Crippen MR) is 63.8 cm³/mol. The van der Waals surface area contributed by atoms with Gasteiger partial charge in [0.1, 0.15) is 5.82 Å². The highest BCUT2D eigenvalue weighted by molar-refractivity contribution is 9.10. The zero-order chi connectivity index (χ0) is 11.7. The molecule has 2 rings (SSSR count). The van der Waals surface area contributed by atoms with Crippen LogP contribution in [0.15, 0.2) is 22.7 Å². The quantitative estimate of drug-likeness (QED) is 0.908. The van der Waals surface area contributed by atoms with Crippen molar-refractivity contribution in [1.29, 1.82) is 0 Å². The first-order valence-electron chi connectivity index (χ1n) is 5.34. The van der Waals surface area contributed by atoms with E-state index < -0.39 is 5.82 Å². The fourth-order valence-corrected chi connectivity index (χ4v) is 2.10. The minimum Gasteiger partial charge on any atom is -0.349 e. The van der Waals surface area contributed by atoms with Gasteiger partial charge in [0.05, 0.1) is 5.56 Å². The molecule has 0 saturated heterocycles. The standard InChI is InChI=1S/C12H13BrFNO/c1-7(8-2-3-8)15-12(16)10-6-9(14)4-5-11(10)13/h4-8H,2-3H2,1H3,(H,15,16). The fourth-order valence-electron chi connectivity index (χ4n) is 1.67. The van der Waals surface area contributed by atoms with Gasteiger partial charge in [-0.1, -0.05) is 0 Å². The van der Waals surface area contributed by atoms with E-state index in [-0.39, 0.29) is 11.9 Å². The van der Waals surface area contributed by atoms with Crippen molar-refractivity contribution in [2.75, 3.05) is 0 Å². The predicted octanol–water partition coefficient (Wildman–Crippen LogP) is 3.12. The van der Waals surface area contributed by atoms with Crippen molar-refractivity contribution in [3.63, 3.8) is 0 Å². The minimum absolute atomic E-state index is 0.169. The second-order valence-electron chi connectivity index (χ2n) is 4.22. The summed E-state index contributed by atoms with van der Waals surface area (Å²) in [5, 5.41) is 2.89. The van der Waals surface area contributed by atoms with E-state index in [4.69, 9.17) is 0 Å². The number of carbonyl (C=O) groups excluding carboxylic acids is 1. The Morgan fingerprint density at radius 2 is 2.25 bits per heavy atom.